The van der Waals surface area contributed by atoms with E-state index in [4.69, 9.17) is 4.74 Å². The summed E-state index contributed by atoms with van der Waals surface area (Å²) in [6.45, 7) is 7.04. The van der Waals surface area contributed by atoms with Gasteiger partial charge in [-0.3, -0.25) is 14.8 Å². The zero-order chi connectivity index (χ0) is 18.8. The van der Waals surface area contributed by atoms with E-state index in [-0.39, 0.29) is 16.7 Å². The normalized spacial score (nSPS) is 11.4. The lowest BCUT2D eigenvalue weighted by Gasteiger charge is -2.13. The lowest BCUT2D eigenvalue weighted by molar-refractivity contribution is -0.385. The SMILES string of the molecule is Cc1cc([N+](=O)[O-])cc(S(=O)(=O)Nc2ccc(OC(C)C)cc2)c1C. The average molecular weight is 364 g/mol. The third-order valence-corrected chi connectivity index (χ3v) is 5.09. The van der Waals surface area contributed by atoms with Crippen molar-refractivity contribution in [1.29, 1.82) is 0 Å². The molecule has 8 heteroatoms. The molecule has 0 heterocycles. The summed E-state index contributed by atoms with van der Waals surface area (Å²) in [5.74, 6) is 0.625. The summed E-state index contributed by atoms with van der Waals surface area (Å²) in [7, 11) is -3.95. The van der Waals surface area contributed by atoms with Crippen LogP contribution in [0.1, 0.15) is 25.0 Å². The number of hydrogen-bond acceptors (Lipinski definition) is 5. The molecule has 0 saturated carbocycles. The van der Waals surface area contributed by atoms with Crippen molar-refractivity contribution in [2.24, 2.45) is 0 Å². The van der Waals surface area contributed by atoms with Crippen LogP contribution in [0.4, 0.5) is 11.4 Å². The third kappa shape index (κ3) is 4.48. The maximum Gasteiger partial charge on any atom is 0.271 e. The molecule has 0 radical (unpaired) electrons. The Hall–Kier alpha value is -2.61. The first kappa shape index (κ1) is 18.7. The molecular formula is C17H20N2O5S. The van der Waals surface area contributed by atoms with Crippen molar-refractivity contribution in [1.82, 2.24) is 0 Å². The van der Waals surface area contributed by atoms with Gasteiger partial charge in [0, 0.05) is 17.8 Å². The second-order valence-electron chi connectivity index (χ2n) is 5.94. The second kappa shape index (κ2) is 7.10. The summed E-state index contributed by atoms with van der Waals surface area (Å²) in [6.07, 6.45) is 0.0121. The van der Waals surface area contributed by atoms with Gasteiger partial charge in [-0.15, -0.1) is 0 Å². The van der Waals surface area contributed by atoms with E-state index in [0.29, 0.717) is 22.6 Å². The fraction of sp³-hybridized carbons (Fsp3) is 0.294. The van der Waals surface area contributed by atoms with Gasteiger partial charge in [-0.2, -0.15) is 0 Å². The van der Waals surface area contributed by atoms with Crippen LogP contribution in [0.5, 0.6) is 5.75 Å². The van der Waals surface area contributed by atoms with Crippen LogP contribution in [-0.4, -0.2) is 19.4 Å². The Morgan fingerprint density at radius 1 is 1.12 bits per heavy atom. The lowest BCUT2D eigenvalue weighted by Crippen LogP contribution is -2.15. The molecule has 2 aromatic rings. The number of rotatable bonds is 6. The quantitative estimate of drug-likeness (QED) is 0.621. The number of nitrogens with one attached hydrogen (secondary N) is 1. The average Bonchev–Trinajstić information content (AvgIpc) is 2.50. The summed E-state index contributed by atoms with van der Waals surface area (Å²) in [4.78, 5) is 10.3. The molecule has 0 unspecified atom stereocenters. The monoisotopic (exact) mass is 364 g/mol. The molecule has 0 fully saturated rings. The zero-order valence-corrected chi connectivity index (χ0v) is 15.3. The van der Waals surface area contributed by atoms with Crippen LogP contribution < -0.4 is 9.46 Å². The largest absolute Gasteiger partial charge is 0.491 e. The Bertz CT molecular complexity index is 890. The van der Waals surface area contributed by atoms with E-state index in [0.717, 1.165) is 6.07 Å². The highest BCUT2D eigenvalue weighted by Gasteiger charge is 2.22. The number of nitro benzene ring substituents is 1. The molecule has 0 spiro atoms. The first-order chi connectivity index (χ1) is 11.6. The highest BCUT2D eigenvalue weighted by Crippen LogP contribution is 2.27. The van der Waals surface area contributed by atoms with Crippen molar-refractivity contribution in [2.45, 2.75) is 38.7 Å². The highest BCUT2D eigenvalue weighted by molar-refractivity contribution is 7.92. The van der Waals surface area contributed by atoms with E-state index in [2.05, 4.69) is 4.72 Å². The summed E-state index contributed by atoms with van der Waals surface area (Å²) in [5, 5.41) is 11.0. The molecule has 0 amide bonds. The first-order valence-electron chi connectivity index (χ1n) is 7.65. The first-order valence-corrected chi connectivity index (χ1v) is 9.13. The van der Waals surface area contributed by atoms with Crippen LogP contribution in [0, 0.1) is 24.0 Å². The summed E-state index contributed by atoms with van der Waals surface area (Å²) < 4.78 is 33.2. The fourth-order valence-electron chi connectivity index (χ4n) is 2.28. The number of ether oxygens (including phenoxy) is 1. The van der Waals surface area contributed by atoms with E-state index in [1.807, 2.05) is 13.8 Å². The standard InChI is InChI=1S/C17H20N2O5S/c1-11(2)24-16-7-5-14(6-8-16)18-25(22,23)17-10-15(19(20)21)9-12(3)13(17)4/h5-11,18H,1-4H3. The van der Waals surface area contributed by atoms with Gasteiger partial charge in [0.25, 0.3) is 15.7 Å². The minimum Gasteiger partial charge on any atom is -0.491 e. The van der Waals surface area contributed by atoms with E-state index < -0.39 is 14.9 Å². The van der Waals surface area contributed by atoms with Crippen LogP contribution >= 0.6 is 0 Å². The van der Waals surface area contributed by atoms with Crippen molar-refractivity contribution >= 4 is 21.4 Å². The van der Waals surface area contributed by atoms with Crippen LogP contribution in [0.15, 0.2) is 41.3 Å². The van der Waals surface area contributed by atoms with Gasteiger partial charge in [-0.05, 0) is 63.1 Å². The van der Waals surface area contributed by atoms with Gasteiger partial charge in [-0.25, -0.2) is 8.42 Å². The van der Waals surface area contributed by atoms with Gasteiger partial charge in [-0.1, -0.05) is 0 Å². The van der Waals surface area contributed by atoms with E-state index in [1.165, 1.54) is 6.07 Å². The minimum absolute atomic E-state index is 0.0121. The van der Waals surface area contributed by atoms with Gasteiger partial charge in [0.2, 0.25) is 0 Å². The molecule has 0 aromatic heterocycles. The zero-order valence-electron chi connectivity index (χ0n) is 14.4. The molecule has 2 rings (SSSR count). The maximum atomic E-state index is 12.6. The van der Waals surface area contributed by atoms with Gasteiger partial charge < -0.3 is 4.74 Å². The second-order valence-corrected chi connectivity index (χ2v) is 7.59. The third-order valence-electron chi connectivity index (χ3n) is 3.58. The number of hydrogen-bond donors (Lipinski definition) is 1. The van der Waals surface area contributed by atoms with E-state index in [9.17, 15) is 18.5 Å². The van der Waals surface area contributed by atoms with Gasteiger partial charge in [0.05, 0.1) is 15.9 Å². The number of anilines is 1. The molecule has 0 aliphatic rings. The minimum atomic E-state index is -3.95. The summed E-state index contributed by atoms with van der Waals surface area (Å²) in [5.41, 5.74) is 1.09. The van der Waals surface area contributed by atoms with Gasteiger partial charge >= 0.3 is 0 Å². The smallest absolute Gasteiger partial charge is 0.271 e. The summed E-state index contributed by atoms with van der Waals surface area (Å²) >= 11 is 0. The molecule has 0 atom stereocenters. The van der Waals surface area contributed by atoms with Crippen molar-refractivity contribution in [3.63, 3.8) is 0 Å². The molecule has 2 aromatic carbocycles. The molecule has 0 bridgehead atoms. The van der Waals surface area contributed by atoms with Gasteiger partial charge in [0.15, 0.2) is 0 Å². The van der Waals surface area contributed by atoms with Crippen molar-refractivity contribution < 1.29 is 18.1 Å². The number of nitrogens with zero attached hydrogens (tertiary/aromatic N) is 1. The molecule has 0 saturated heterocycles. The Labute approximate surface area is 146 Å². The number of sulfonamides is 1. The number of non-ortho nitro benzene ring substituents is 1. The Morgan fingerprint density at radius 2 is 1.72 bits per heavy atom. The van der Waals surface area contributed by atoms with Crippen molar-refractivity contribution in [2.75, 3.05) is 4.72 Å². The molecule has 0 aliphatic carbocycles. The molecule has 1 N–H and O–H groups in total. The number of aryl methyl sites for hydroxylation is 1. The van der Waals surface area contributed by atoms with Crippen molar-refractivity contribution in [3.05, 3.63) is 57.6 Å². The van der Waals surface area contributed by atoms with E-state index in [1.54, 1.807) is 38.1 Å². The molecular weight excluding hydrogens is 344 g/mol. The summed E-state index contributed by atoms with van der Waals surface area (Å²) in [6, 6.07) is 8.89. The van der Waals surface area contributed by atoms with Crippen LogP contribution in [0.3, 0.4) is 0 Å². The van der Waals surface area contributed by atoms with E-state index >= 15 is 0 Å². The lowest BCUT2D eigenvalue weighted by atomic mass is 10.1. The predicted molar refractivity (Wildman–Crippen MR) is 95.6 cm³/mol. The van der Waals surface area contributed by atoms with Crippen LogP contribution in [0.25, 0.3) is 0 Å². The number of benzene rings is 2. The molecule has 134 valence electrons. The van der Waals surface area contributed by atoms with Crippen LogP contribution in [0.2, 0.25) is 0 Å². The van der Waals surface area contributed by atoms with Crippen molar-refractivity contribution in [3.8, 4) is 5.75 Å². The Morgan fingerprint density at radius 3 is 2.24 bits per heavy atom. The van der Waals surface area contributed by atoms with Gasteiger partial charge in [0.1, 0.15) is 5.75 Å². The Kier molecular flexibility index (Phi) is 5.32. The molecule has 7 nitrogen and oxygen atoms in total. The predicted octanol–water partition coefficient (Wildman–Crippen LogP) is 3.80. The highest BCUT2D eigenvalue weighted by atomic mass is 32.2. The topological polar surface area (TPSA) is 98.5 Å². The molecule has 0 aliphatic heterocycles. The number of nitro groups is 1. The van der Waals surface area contributed by atoms with Crippen LogP contribution in [-0.2, 0) is 10.0 Å². The maximum absolute atomic E-state index is 12.6. The fourth-order valence-corrected chi connectivity index (χ4v) is 3.67. The molecule has 25 heavy (non-hydrogen) atoms. The Balaban J connectivity index is 2.35.